The fourth-order valence-corrected chi connectivity index (χ4v) is 3.66. The zero-order valence-corrected chi connectivity index (χ0v) is 16.1. The van der Waals surface area contributed by atoms with Gasteiger partial charge < -0.3 is 0 Å². The smallest absolute Gasteiger partial charge is 0.251 e. The Hall–Kier alpha value is -2.90. The Morgan fingerprint density at radius 1 is 1.07 bits per heavy atom. The predicted octanol–water partition coefficient (Wildman–Crippen LogP) is 3.73. The minimum Gasteiger partial charge on any atom is -0.251 e. The maximum Gasteiger partial charge on any atom is 0.504 e. The van der Waals surface area contributed by atoms with Gasteiger partial charge in [-0.25, -0.2) is 13.1 Å². The monoisotopic (exact) mass is 453 g/mol. The minimum absolute atomic E-state index is 0.0538. The molecule has 0 amide bonds. The number of aromatic nitrogens is 5. The molecule has 0 aromatic carbocycles. The summed E-state index contributed by atoms with van der Waals surface area (Å²) in [6.07, 6.45) is -7.93. The van der Waals surface area contributed by atoms with E-state index < -0.39 is 38.7 Å². The molecule has 0 aliphatic rings. The lowest BCUT2D eigenvalue weighted by molar-refractivity contribution is -0.212. The second-order valence-electron chi connectivity index (χ2n) is 6.14. The van der Waals surface area contributed by atoms with Gasteiger partial charge in [-0.05, 0) is 25.1 Å². The quantitative estimate of drug-likeness (QED) is 0.563. The van der Waals surface area contributed by atoms with E-state index in [0.29, 0.717) is 6.20 Å². The first-order valence-electron chi connectivity index (χ1n) is 8.24. The van der Waals surface area contributed by atoms with Crippen LogP contribution in [0.15, 0.2) is 35.5 Å². The fourth-order valence-electron chi connectivity index (χ4n) is 2.60. The average Bonchev–Trinajstić information content (AvgIpc) is 3.27. The Morgan fingerprint density at radius 2 is 1.73 bits per heavy atom. The van der Waals surface area contributed by atoms with Gasteiger partial charge in [-0.1, -0.05) is 6.92 Å². The zero-order chi connectivity index (χ0) is 22.5. The number of pyridine rings is 1. The number of halogens is 6. The molecule has 162 valence electrons. The molecule has 30 heavy (non-hydrogen) atoms. The molecule has 0 spiro atoms. The van der Waals surface area contributed by atoms with Gasteiger partial charge in [-0.15, -0.1) is 13.2 Å². The third kappa shape index (κ3) is 4.04. The topological polar surface area (TPSA) is 82.7 Å². The van der Waals surface area contributed by atoms with E-state index in [2.05, 4.69) is 15.2 Å². The van der Waals surface area contributed by atoms with E-state index in [-0.39, 0.29) is 27.5 Å². The van der Waals surface area contributed by atoms with Gasteiger partial charge in [0.25, 0.3) is 0 Å². The van der Waals surface area contributed by atoms with Crippen LogP contribution in [0, 0.1) is 6.92 Å². The molecule has 0 fully saturated rings. The summed E-state index contributed by atoms with van der Waals surface area (Å²) in [5.74, 6) is -0.420. The van der Waals surface area contributed by atoms with Gasteiger partial charge in [0.1, 0.15) is 11.4 Å². The molecule has 0 aliphatic heterocycles. The van der Waals surface area contributed by atoms with E-state index in [1.54, 1.807) is 0 Å². The minimum atomic E-state index is -4.82. The van der Waals surface area contributed by atoms with E-state index in [1.165, 1.54) is 13.8 Å². The molecule has 3 aromatic heterocycles. The molecule has 3 aromatic rings. The summed E-state index contributed by atoms with van der Waals surface area (Å²) in [7, 11) is -4.02. The third-order valence-corrected chi connectivity index (χ3v) is 5.81. The number of hydrogen-bond donors (Lipinski definition) is 0. The number of aryl methyl sites for hydroxylation is 1. The Kier molecular flexibility index (Phi) is 5.16. The van der Waals surface area contributed by atoms with E-state index >= 15 is 0 Å². The summed E-state index contributed by atoms with van der Waals surface area (Å²) in [5, 5.41) is 6.74. The first-order valence-corrected chi connectivity index (χ1v) is 9.89. The lowest BCUT2D eigenvalue weighted by Gasteiger charge is -2.11. The van der Waals surface area contributed by atoms with Crippen LogP contribution in [-0.2, 0) is 22.3 Å². The number of nitrogens with zero attached hydrogens (tertiary/aromatic N) is 5. The molecule has 14 heteroatoms. The highest BCUT2D eigenvalue weighted by molar-refractivity contribution is 7.91. The molecular formula is C16H13F6N5O2S. The number of hydrogen-bond acceptors (Lipinski definition) is 5. The van der Waals surface area contributed by atoms with Gasteiger partial charge in [0, 0.05) is 11.9 Å². The van der Waals surface area contributed by atoms with Gasteiger partial charge in [0.05, 0.1) is 22.5 Å². The molecule has 0 unspecified atom stereocenters. The van der Waals surface area contributed by atoms with Crippen molar-refractivity contribution in [2.75, 3.05) is 5.75 Å². The molecule has 0 radical (unpaired) electrons. The van der Waals surface area contributed by atoms with Crippen molar-refractivity contribution in [3.63, 3.8) is 0 Å². The molecular weight excluding hydrogens is 440 g/mol. The van der Waals surface area contributed by atoms with Gasteiger partial charge in [0.15, 0.2) is 15.5 Å². The van der Waals surface area contributed by atoms with Gasteiger partial charge in [-0.2, -0.15) is 28.1 Å². The lowest BCUT2D eigenvalue weighted by atomic mass is 10.2. The van der Waals surface area contributed by atoms with Crippen molar-refractivity contribution < 1.29 is 34.8 Å². The van der Waals surface area contributed by atoms with Crippen molar-refractivity contribution in [2.45, 2.75) is 31.2 Å². The van der Waals surface area contributed by atoms with Crippen molar-refractivity contribution in [1.82, 2.24) is 24.5 Å². The fraction of sp³-hybridized carbons (Fsp3) is 0.312. The summed E-state index contributed by atoms with van der Waals surface area (Å²) >= 11 is 0. The number of rotatable bonds is 4. The SMILES string of the molecule is CCS(=O)(=O)c1cc(-n2nc(C(F)(F)F)cc2C)cnc1-c1ccn(C(F)(F)F)n1. The van der Waals surface area contributed by atoms with Crippen LogP contribution in [-0.4, -0.2) is 38.7 Å². The van der Waals surface area contributed by atoms with Crippen LogP contribution in [0.2, 0.25) is 0 Å². The van der Waals surface area contributed by atoms with Crippen LogP contribution >= 0.6 is 0 Å². The van der Waals surface area contributed by atoms with Crippen LogP contribution in [0.5, 0.6) is 0 Å². The molecule has 0 bridgehead atoms. The standard InChI is InChI=1S/C16H13F6N5O2S/c1-3-30(28,29)12-7-10(27-9(2)6-13(25-27)15(17,18)19)8-23-14(12)11-4-5-26(24-11)16(20,21)22/h4-8H,3H2,1-2H3. The molecule has 0 saturated carbocycles. The zero-order valence-electron chi connectivity index (χ0n) is 15.3. The summed E-state index contributed by atoms with van der Waals surface area (Å²) < 4.78 is 103. The lowest BCUT2D eigenvalue weighted by Crippen LogP contribution is -2.17. The second kappa shape index (κ2) is 7.11. The maximum atomic E-state index is 12.9. The molecule has 3 rings (SSSR count). The van der Waals surface area contributed by atoms with Crippen molar-refractivity contribution in [2.24, 2.45) is 0 Å². The van der Waals surface area contributed by atoms with Gasteiger partial charge in [0.2, 0.25) is 0 Å². The van der Waals surface area contributed by atoms with Crippen LogP contribution < -0.4 is 0 Å². The highest BCUT2D eigenvalue weighted by Gasteiger charge is 2.35. The maximum absolute atomic E-state index is 12.9. The molecule has 3 heterocycles. The van der Waals surface area contributed by atoms with Crippen molar-refractivity contribution in [3.8, 4) is 17.1 Å². The van der Waals surface area contributed by atoms with Crippen molar-refractivity contribution in [1.29, 1.82) is 0 Å². The molecule has 0 N–H and O–H groups in total. The first kappa shape index (κ1) is 21.8. The van der Waals surface area contributed by atoms with Crippen LogP contribution in [0.4, 0.5) is 26.3 Å². The van der Waals surface area contributed by atoms with Crippen molar-refractivity contribution >= 4 is 9.84 Å². The van der Waals surface area contributed by atoms with Crippen molar-refractivity contribution in [3.05, 3.63) is 42.0 Å². The van der Waals surface area contributed by atoms with Gasteiger partial charge >= 0.3 is 12.5 Å². The van der Waals surface area contributed by atoms with Gasteiger partial charge in [-0.3, -0.25) is 4.98 Å². The van der Waals surface area contributed by atoms with Crippen LogP contribution in [0.1, 0.15) is 18.3 Å². The molecule has 0 aliphatic carbocycles. The van der Waals surface area contributed by atoms with E-state index in [1.807, 2.05) is 0 Å². The average molecular weight is 453 g/mol. The Labute approximate surface area is 165 Å². The largest absolute Gasteiger partial charge is 0.504 e. The van der Waals surface area contributed by atoms with E-state index in [9.17, 15) is 34.8 Å². The van der Waals surface area contributed by atoms with Crippen LogP contribution in [0.25, 0.3) is 17.1 Å². The molecule has 0 atom stereocenters. The highest BCUT2D eigenvalue weighted by atomic mass is 32.2. The summed E-state index contributed by atoms with van der Waals surface area (Å²) in [4.78, 5) is 3.41. The Bertz CT molecular complexity index is 1190. The number of alkyl halides is 6. The normalized spacial score (nSPS) is 13.1. The summed E-state index contributed by atoms with van der Waals surface area (Å²) in [6, 6.07) is 2.71. The Balaban J connectivity index is 2.19. The summed E-state index contributed by atoms with van der Waals surface area (Å²) in [6.45, 7) is 2.64. The summed E-state index contributed by atoms with van der Waals surface area (Å²) in [5.41, 5.74) is -1.96. The Morgan fingerprint density at radius 3 is 2.23 bits per heavy atom. The molecule has 7 nitrogen and oxygen atoms in total. The third-order valence-electron chi connectivity index (χ3n) is 4.07. The highest BCUT2D eigenvalue weighted by Crippen LogP contribution is 2.32. The second-order valence-corrected chi connectivity index (χ2v) is 8.38. The van der Waals surface area contributed by atoms with Crippen LogP contribution in [0.3, 0.4) is 0 Å². The first-order chi connectivity index (χ1) is 13.7. The predicted molar refractivity (Wildman–Crippen MR) is 91.3 cm³/mol. The van der Waals surface area contributed by atoms with E-state index in [0.717, 1.165) is 29.1 Å². The number of sulfone groups is 1. The molecule has 0 saturated heterocycles. The van der Waals surface area contributed by atoms with E-state index in [4.69, 9.17) is 0 Å².